The van der Waals surface area contributed by atoms with E-state index in [1.165, 1.54) is 0 Å². The van der Waals surface area contributed by atoms with Crippen LogP contribution in [0, 0.1) is 57.3 Å². The first-order valence-electron chi connectivity index (χ1n) is 11.1. The van der Waals surface area contributed by atoms with Crippen molar-refractivity contribution in [3.8, 4) is 12.1 Å². The Kier molecular flexibility index (Phi) is 7.42. The smallest absolute Gasteiger partial charge is 0.268 e. The van der Waals surface area contributed by atoms with Gasteiger partial charge in [0.05, 0.1) is 26.6 Å². The fourth-order valence-electron chi connectivity index (χ4n) is 3.98. The molecule has 37 heavy (non-hydrogen) atoms. The number of nitriles is 2. The monoisotopic (exact) mass is 545 g/mol. The molecular weight excluding hydrogens is 526 g/mol. The van der Waals surface area contributed by atoms with E-state index in [1.807, 2.05) is 0 Å². The number of halogens is 1. The summed E-state index contributed by atoms with van der Waals surface area (Å²) in [5.74, 6) is -1.09. The van der Waals surface area contributed by atoms with Gasteiger partial charge in [-0.3, -0.25) is 9.59 Å². The second-order valence-electron chi connectivity index (χ2n) is 8.48. The number of hydrogen-bond donors (Lipinski definition) is 0. The van der Waals surface area contributed by atoms with Crippen LogP contribution in [0.15, 0.2) is 50.2 Å². The van der Waals surface area contributed by atoms with Gasteiger partial charge in [0.15, 0.2) is 0 Å². The molecule has 0 atom stereocenters. The van der Waals surface area contributed by atoms with E-state index in [0.717, 1.165) is 39.6 Å². The van der Waals surface area contributed by atoms with Crippen molar-refractivity contribution in [3.05, 3.63) is 84.4 Å². The minimum Gasteiger partial charge on any atom is -0.268 e. The topological polar surface area (TPSA) is 111 Å². The molecule has 10 heteroatoms. The highest BCUT2D eigenvalue weighted by Gasteiger charge is 2.42. The highest BCUT2D eigenvalue weighted by Crippen LogP contribution is 2.45. The summed E-state index contributed by atoms with van der Waals surface area (Å²) in [6.45, 7) is 8.95. The van der Waals surface area contributed by atoms with Crippen molar-refractivity contribution >= 4 is 52.6 Å². The van der Waals surface area contributed by atoms with Crippen molar-refractivity contribution in [2.75, 3.05) is 4.90 Å². The van der Waals surface area contributed by atoms with E-state index in [4.69, 9.17) is 11.6 Å². The number of anilines is 1. The molecule has 0 radical (unpaired) electrons. The lowest BCUT2D eigenvalue weighted by atomic mass is 10.1. The van der Waals surface area contributed by atoms with Crippen molar-refractivity contribution in [1.82, 2.24) is 9.97 Å². The average Bonchev–Trinajstić information content (AvgIpc) is 3.03. The zero-order valence-electron chi connectivity index (χ0n) is 20.6. The number of rotatable bonds is 5. The summed E-state index contributed by atoms with van der Waals surface area (Å²) in [5, 5.41) is 20.7. The van der Waals surface area contributed by atoms with Gasteiger partial charge in [-0.1, -0.05) is 35.1 Å². The Morgan fingerprint density at radius 2 is 1.22 bits per heavy atom. The van der Waals surface area contributed by atoms with Crippen LogP contribution >= 0.6 is 35.1 Å². The normalized spacial score (nSPS) is 13.2. The van der Waals surface area contributed by atoms with Gasteiger partial charge in [-0.25, -0.2) is 14.9 Å². The zero-order valence-corrected chi connectivity index (χ0v) is 23.0. The van der Waals surface area contributed by atoms with Crippen LogP contribution in [0.3, 0.4) is 0 Å². The van der Waals surface area contributed by atoms with Crippen molar-refractivity contribution in [2.45, 2.75) is 44.7 Å². The van der Waals surface area contributed by atoms with E-state index >= 15 is 0 Å². The fourth-order valence-corrected chi connectivity index (χ4v) is 6.55. The maximum absolute atomic E-state index is 13.8. The number of pyridine rings is 2. The first kappa shape index (κ1) is 26.4. The lowest BCUT2D eigenvalue weighted by Gasteiger charge is -2.18. The van der Waals surface area contributed by atoms with E-state index in [9.17, 15) is 20.1 Å². The minimum atomic E-state index is -0.546. The van der Waals surface area contributed by atoms with E-state index in [0.29, 0.717) is 48.8 Å². The number of amides is 2. The molecule has 0 unspecified atom stereocenters. The van der Waals surface area contributed by atoms with Crippen LogP contribution in [0.4, 0.5) is 5.69 Å². The Morgan fingerprint density at radius 1 is 0.757 bits per heavy atom. The molecular formula is C27H20ClN5O2S2. The van der Waals surface area contributed by atoms with Crippen LogP contribution in [-0.2, 0) is 9.59 Å². The predicted octanol–water partition coefficient (Wildman–Crippen LogP) is 6.08. The summed E-state index contributed by atoms with van der Waals surface area (Å²) in [4.78, 5) is 37.9. The largest absolute Gasteiger partial charge is 0.273 e. The first-order valence-corrected chi connectivity index (χ1v) is 13.1. The summed E-state index contributed by atoms with van der Waals surface area (Å²) >= 11 is 8.06. The SMILES string of the molecule is Cc1cc(C)c(C#N)c(SC2=C(Sc3nc(C)cc(C)c3C#N)C(=O)N(c3ccc(Cl)cc3C)C2=O)n1. The van der Waals surface area contributed by atoms with Gasteiger partial charge in [-0.05, 0) is 81.6 Å². The minimum absolute atomic E-state index is 0.114. The van der Waals surface area contributed by atoms with Gasteiger partial charge in [-0.15, -0.1) is 0 Å². The van der Waals surface area contributed by atoms with Crippen LogP contribution in [0.5, 0.6) is 0 Å². The summed E-state index contributed by atoms with van der Waals surface area (Å²) < 4.78 is 0. The molecule has 4 rings (SSSR count). The fraction of sp³-hybridized carbons (Fsp3) is 0.185. The van der Waals surface area contributed by atoms with Crippen LogP contribution < -0.4 is 4.90 Å². The molecule has 1 aliphatic heterocycles. The van der Waals surface area contributed by atoms with Crippen molar-refractivity contribution in [2.24, 2.45) is 0 Å². The van der Waals surface area contributed by atoms with Gasteiger partial charge in [0.25, 0.3) is 11.8 Å². The Morgan fingerprint density at radius 3 is 1.62 bits per heavy atom. The maximum atomic E-state index is 13.8. The standard InChI is InChI=1S/C27H20ClN5O2S2/c1-13-8-16(4)31-24(19(13)11-29)36-22-23(37-25-20(12-30)14(2)9-17(5)32-25)27(35)33(26(22)34)21-7-6-18(28)10-15(21)3/h6-10H,1-5H3. The van der Waals surface area contributed by atoms with Crippen LogP contribution in [-0.4, -0.2) is 21.8 Å². The number of nitrogens with zero attached hydrogens (tertiary/aromatic N) is 5. The maximum Gasteiger partial charge on any atom is 0.273 e. The molecule has 3 aromatic rings. The second-order valence-corrected chi connectivity index (χ2v) is 10.9. The molecule has 184 valence electrons. The van der Waals surface area contributed by atoms with Crippen molar-refractivity contribution < 1.29 is 9.59 Å². The van der Waals surface area contributed by atoms with Gasteiger partial charge >= 0.3 is 0 Å². The summed E-state index contributed by atoms with van der Waals surface area (Å²) in [7, 11) is 0. The van der Waals surface area contributed by atoms with Crippen molar-refractivity contribution in [3.63, 3.8) is 0 Å². The lowest BCUT2D eigenvalue weighted by molar-refractivity contribution is -0.120. The molecule has 3 heterocycles. The zero-order chi connectivity index (χ0) is 27.0. The molecule has 0 saturated carbocycles. The number of benzene rings is 1. The number of imide groups is 1. The molecule has 0 bridgehead atoms. The molecule has 7 nitrogen and oxygen atoms in total. The molecule has 1 aliphatic rings. The number of carbonyl (C=O) groups excluding carboxylic acids is 2. The predicted molar refractivity (Wildman–Crippen MR) is 144 cm³/mol. The summed E-state index contributed by atoms with van der Waals surface area (Å²) in [5.41, 5.74) is 4.50. The van der Waals surface area contributed by atoms with Gasteiger partial charge in [0.1, 0.15) is 22.2 Å². The average molecular weight is 546 g/mol. The summed E-state index contributed by atoms with van der Waals surface area (Å²) in [6.07, 6.45) is 0. The molecule has 0 aliphatic carbocycles. The Balaban J connectivity index is 1.90. The lowest BCUT2D eigenvalue weighted by Crippen LogP contribution is -2.31. The molecule has 1 aromatic carbocycles. The van der Waals surface area contributed by atoms with Crippen LogP contribution in [0.1, 0.15) is 39.2 Å². The van der Waals surface area contributed by atoms with E-state index in [2.05, 4.69) is 22.1 Å². The molecule has 0 N–H and O–H groups in total. The van der Waals surface area contributed by atoms with Crippen LogP contribution in [0.2, 0.25) is 5.02 Å². The number of aryl methyl sites for hydroxylation is 5. The number of carbonyl (C=O) groups is 2. The van der Waals surface area contributed by atoms with E-state index in [1.54, 1.807) is 65.0 Å². The Hall–Kier alpha value is -3.63. The second kappa shape index (κ2) is 10.4. The van der Waals surface area contributed by atoms with E-state index < -0.39 is 11.8 Å². The Bertz CT molecular complexity index is 1520. The number of hydrogen-bond acceptors (Lipinski definition) is 8. The van der Waals surface area contributed by atoms with Gasteiger partial charge in [-0.2, -0.15) is 10.5 Å². The van der Waals surface area contributed by atoms with E-state index in [-0.39, 0.29) is 9.81 Å². The first-order chi connectivity index (χ1) is 17.5. The third kappa shape index (κ3) is 4.99. The molecule has 2 amide bonds. The number of thioether (sulfide) groups is 2. The highest BCUT2D eigenvalue weighted by molar-refractivity contribution is 8.08. The third-order valence-corrected chi connectivity index (χ3v) is 8.15. The molecule has 0 fully saturated rings. The third-order valence-electron chi connectivity index (χ3n) is 5.64. The quantitative estimate of drug-likeness (QED) is 0.354. The molecule has 2 aromatic heterocycles. The highest BCUT2D eigenvalue weighted by atomic mass is 35.5. The molecule has 0 saturated heterocycles. The van der Waals surface area contributed by atoms with Gasteiger partial charge < -0.3 is 0 Å². The van der Waals surface area contributed by atoms with Crippen LogP contribution in [0.25, 0.3) is 0 Å². The Labute approximate surface area is 228 Å². The van der Waals surface area contributed by atoms with Gasteiger partial charge in [0.2, 0.25) is 0 Å². The molecule has 0 spiro atoms. The number of aromatic nitrogens is 2. The van der Waals surface area contributed by atoms with Crippen molar-refractivity contribution in [1.29, 1.82) is 10.5 Å². The van der Waals surface area contributed by atoms with Gasteiger partial charge in [0, 0.05) is 16.4 Å². The summed E-state index contributed by atoms with van der Waals surface area (Å²) in [6, 6.07) is 12.8.